The topological polar surface area (TPSA) is 71.3 Å². The van der Waals surface area contributed by atoms with E-state index in [2.05, 4.69) is 17.0 Å². The number of likely N-dealkylation sites (tertiary alicyclic amines) is 1. The van der Waals surface area contributed by atoms with Crippen LogP contribution >= 0.6 is 0 Å². The van der Waals surface area contributed by atoms with Gasteiger partial charge in [-0.05, 0) is 44.4 Å². The Labute approximate surface area is 160 Å². The van der Waals surface area contributed by atoms with E-state index in [4.69, 9.17) is 0 Å². The maximum absolute atomic E-state index is 13.6. The first-order chi connectivity index (χ1) is 13.1. The van der Waals surface area contributed by atoms with E-state index < -0.39 is 5.54 Å². The molecule has 0 radical (unpaired) electrons. The summed E-state index contributed by atoms with van der Waals surface area (Å²) in [6.07, 6.45) is 9.06. The van der Waals surface area contributed by atoms with Gasteiger partial charge in [0.25, 0.3) is 11.8 Å². The van der Waals surface area contributed by atoms with Gasteiger partial charge in [-0.25, -0.2) is 0 Å². The van der Waals surface area contributed by atoms with Crippen molar-refractivity contribution < 1.29 is 9.59 Å². The molecular weight excluding hydrogens is 342 g/mol. The average Bonchev–Trinajstić information content (AvgIpc) is 3.27. The smallest absolute Gasteiger partial charge is 0.255 e. The number of nitrogens with zero attached hydrogens (tertiary/aromatic N) is 5. The molecule has 0 unspecified atom stereocenters. The first kappa shape index (κ1) is 19.1. The monoisotopic (exact) mass is 369 g/mol. The number of hydrogen-bond donors (Lipinski definition) is 0. The van der Waals surface area contributed by atoms with Crippen LogP contribution in [0.15, 0.2) is 43.0 Å². The summed E-state index contributed by atoms with van der Waals surface area (Å²) in [5.41, 5.74) is -0.313. The van der Waals surface area contributed by atoms with Crippen LogP contribution in [-0.2, 0) is 10.3 Å². The zero-order valence-corrected chi connectivity index (χ0v) is 16.0. The second-order valence-electron chi connectivity index (χ2n) is 6.94. The fourth-order valence-electron chi connectivity index (χ4n) is 3.83. The van der Waals surface area contributed by atoms with Gasteiger partial charge in [-0.3, -0.25) is 19.3 Å². The number of hydrogen-bond acceptors (Lipinski definition) is 4. The molecule has 1 atom stereocenters. The van der Waals surface area contributed by atoms with Gasteiger partial charge in [0.1, 0.15) is 0 Å². The van der Waals surface area contributed by atoms with E-state index in [1.54, 1.807) is 40.3 Å². The Balaban J connectivity index is 1.94. The van der Waals surface area contributed by atoms with Gasteiger partial charge in [0.15, 0.2) is 5.54 Å². The highest BCUT2D eigenvalue weighted by molar-refractivity contribution is 5.95. The van der Waals surface area contributed by atoms with Gasteiger partial charge in [-0.15, -0.1) is 0 Å². The average molecular weight is 369 g/mol. The summed E-state index contributed by atoms with van der Waals surface area (Å²) in [5, 5.41) is 4.40. The van der Waals surface area contributed by atoms with Gasteiger partial charge in [0.05, 0.1) is 12.1 Å². The molecule has 7 nitrogen and oxygen atoms in total. The van der Waals surface area contributed by atoms with Gasteiger partial charge in [0, 0.05) is 44.4 Å². The first-order valence-electron chi connectivity index (χ1n) is 9.61. The lowest BCUT2D eigenvalue weighted by Gasteiger charge is -2.44. The zero-order valence-electron chi connectivity index (χ0n) is 16.0. The highest BCUT2D eigenvalue weighted by atomic mass is 16.2. The van der Waals surface area contributed by atoms with E-state index in [-0.39, 0.29) is 11.8 Å². The second kappa shape index (κ2) is 8.33. The molecule has 0 N–H and O–H groups in total. The summed E-state index contributed by atoms with van der Waals surface area (Å²) < 4.78 is 1.75. The quantitative estimate of drug-likeness (QED) is 0.782. The molecule has 7 heteroatoms. The minimum Gasteiger partial charge on any atom is -0.341 e. The van der Waals surface area contributed by atoms with Gasteiger partial charge < -0.3 is 9.80 Å². The summed E-state index contributed by atoms with van der Waals surface area (Å²) >= 11 is 0. The van der Waals surface area contributed by atoms with Crippen molar-refractivity contribution in [1.29, 1.82) is 0 Å². The van der Waals surface area contributed by atoms with Crippen LogP contribution in [0.2, 0.25) is 0 Å². The van der Waals surface area contributed by atoms with Crippen molar-refractivity contribution in [3.8, 4) is 0 Å². The van der Waals surface area contributed by atoms with Crippen molar-refractivity contribution in [2.45, 2.75) is 38.6 Å². The summed E-state index contributed by atoms with van der Waals surface area (Å²) in [6.45, 7) is 6.36. The third kappa shape index (κ3) is 3.72. The van der Waals surface area contributed by atoms with Crippen LogP contribution in [0.25, 0.3) is 0 Å². The Morgan fingerprint density at radius 2 is 2.11 bits per heavy atom. The van der Waals surface area contributed by atoms with Crippen molar-refractivity contribution in [2.75, 3.05) is 26.2 Å². The molecule has 1 fully saturated rings. The molecule has 27 heavy (non-hydrogen) atoms. The number of rotatable bonds is 6. The molecule has 1 aliphatic rings. The summed E-state index contributed by atoms with van der Waals surface area (Å²) in [4.78, 5) is 34.2. The van der Waals surface area contributed by atoms with Gasteiger partial charge >= 0.3 is 0 Å². The molecule has 0 saturated carbocycles. The highest BCUT2D eigenvalue weighted by Gasteiger charge is 2.47. The van der Waals surface area contributed by atoms with Crippen LogP contribution in [0.5, 0.6) is 0 Å². The number of carbonyl (C=O) groups excluding carboxylic acids is 2. The molecule has 1 saturated heterocycles. The molecule has 0 aromatic carbocycles. The molecule has 2 aromatic heterocycles. The van der Waals surface area contributed by atoms with E-state index in [0.717, 1.165) is 12.8 Å². The Morgan fingerprint density at radius 1 is 1.26 bits per heavy atom. The Kier molecular flexibility index (Phi) is 5.88. The van der Waals surface area contributed by atoms with E-state index in [1.165, 1.54) is 0 Å². The SMILES string of the molecule is CCCN(CC)C(=O)[C@@]1(n2cccn2)CCCN(C(=O)c2cccnc2)C1. The molecule has 0 bridgehead atoms. The third-order valence-electron chi connectivity index (χ3n) is 5.17. The molecule has 3 heterocycles. The fraction of sp³-hybridized carbons (Fsp3) is 0.500. The fourth-order valence-corrected chi connectivity index (χ4v) is 3.83. The summed E-state index contributed by atoms with van der Waals surface area (Å²) in [5.74, 6) is -0.0510. The van der Waals surface area contributed by atoms with E-state index in [9.17, 15) is 9.59 Å². The lowest BCUT2D eigenvalue weighted by Crippen LogP contribution is -2.60. The van der Waals surface area contributed by atoms with E-state index >= 15 is 0 Å². The number of likely N-dealkylation sites (N-methyl/N-ethyl adjacent to an activating group) is 1. The van der Waals surface area contributed by atoms with Gasteiger partial charge in [0.2, 0.25) is 0 Å². The molecule has 0 spiro atoms. The number of carbonyl (C=O) groups is 2. The normalized spacial score (nSPS) is 19.7. The standard InChI is InChI=1S/C20H27N5O2/c1-3-12-23(4-2)19(27)20(25-14-7-11-22-25)9-6-13-24(16-20)18(26)17-8-5-10-21-15-17/h5,7-8,10-11,14-15H,3-4,6,9,12-13,16H2,1-2H3/t20-/m1/s1. The van der Waals surface area contributed by atoms with Crippen LogP contribution in [0.3, 0.4) is 0 Å². The van der Waals surface area contributed by atoms with Crippen LogP contribution in [0, 0.1) is 0 Å². The number of piperidine rings is 1. The molecule has 0 aliphatic carbocycles. The Bertz CT molecular complexity index is 762. The van der Waals surface area contributed by atoms with E-state index in [1.807, 2.05) is 24.1 Å². The van der Waals surface area contributed by atoms with Crippen LogP contribution in [0.1, 0.15) is 43.5 Å². The summed E-state index contributed by atoms with van der Waals surface area (Å²) in [6, 6.07) is 5.34. The number of amides is 2. The summed E-state index contributed by atoms with van der Waals surface area (Å²) in [7, 11) is 0. The predicted octanol–water partition coefficient (Wildman–Crippen LogP) is 2.17. The van der Waals surface area contributed by atoms with Crippen molar-refractivity contribution in [1.82, 2.24) is 24.6 Å². The largest absolute Gasteiger partial charge is 0.341 e. The van der Waals surface area contributed by atoms with Gasteiger partial charge in [-0.2, -0.15) is 5.10 Å². The highest BCUT2D eigenvalue weighted by Crippen LogP contribution is 2.31. The van der Waals surface area contributed by atoms with Crippen molar-refractivity contribution in [3.05, 3.63) is 48.5 Å². The Morgan fingerprint density at radius 3 is 2.74 bits per heavy atom. The van der Waals surface area contributed by atoms with Crippen molar-refractivity contribution in [2.24, 2.45) is 0 Å². The lowest BCUT2D eigenvalue weighted by molar-refractivity contribution is -0.144. The molecule has 1 aliphatic heterocycles. The third-order valence-corrected chi connectivity index (χ3v) is 5.17. The second-order valence-corrected chi connectivity index (χ2v) is 6.94. The molecular formula is C20H27N5O2. The maximum Gasteiger partial charge on any atom is 0.255 e. The molecule has 3 rings (SSSR count). The minimum absolute atomic E-state index is 0.0410. The lowest BCUT2D eigenvalue weighted by atomic mass is 9.87. The first-order valence-corrected chi connectivity index (χ1v) is 9.61. The number of aromatic nitrogens is 3. The van der Waals surface area contributed by atoms with Crippen LogP contribution in [0.4, 0.5) is 0 Å². The van der Waals surface area contributed by atoms with Crippen molar-refractivity contribution >= 4 is 11.8 Å². The number of pyridine rings is 1. The minimum atomic E-state index is -0.856. The molecule has 144 valence electrons. The Hall–Kier alpha value is -2.70. The van der Waals surface area contributed by atoms with Gasteiger partial charge in [-0.1, -0.05) is 6.92 Å². The zero-order chi connectivity index (χ0) is 19.3. The van der Waals surface area contributed by atoms with E-state index in [0.29, 0.717) is 38.2 Å². The molecule has 2 aromatic rings. The van der Waals surface area contributed by atoms with Crippen molar-refractivity contribution in [3.63, 3.8) is 0 Å². The molecule has 2 amide bonds. The van der Waals surface area contributed by atoms with Crippen LogP contribution in [-0.4, -0.2) is 62.6 Å². The predicted molar refractivity (Wildman–Crippen MR) is 102 cm³/mol. The maximum atomic E-state index is 13.6. The van der Waals surface area contributed by atoms with Crippen LogP contribution < -0.4 is 0 Å².